The molecule has 3 aromatic rings. The quantitative estimate of drug-likeness (QED) is 0.374. The number of carbonyl (C=O) groups is 1. The third-order valence-corrected chi connectivity index (χ3v) is 4.97. The van der Waals surface area contributed by atoms with Gasteiger partial charge in [0.05, 0.1) is 0 Å². The molecule has 0 atom stereocenters. The Labute approximate surface area is 155 Å². The normalized spacial score (nSPS) is 11.8. The molecule has 1 amide bonds. The monoisotopic (exact) mass is 363 g/mol. The number of rotatable bonds is 4. The van der Waals surface area contributed by atoms with Gasteiger partial charge in [0.2, 0.25) is 0 Å². The first kappa shape index (κ1) is 16.5. The number of hydrazine groups is 1. The third-order valence-electron chi connectivity index (χ3n) is 4.18. The second kappa shape index (κ2) is 7.11. The molecule has 6 heteroatoms. The van der Waals surface area contributed by atoms with Crippen LogP contribution in [0.4, 0.5) is 5.69 Å². The number of nitrogens with one attached hydrogen (secondary N) is 2. The molecule has 0 bridgehead atoms. The summed E-state index contributed by atoms with van der Waals surface area (Å²) in [6.07, 6.45) is 0. The van der Waals surface area contributed by atoms with E-state index < -0.39 is 0 Å². The van der Waals surface area contributed by atoms with E-state index in [0.29, 0.717) is 17.9 Å². The molecule has 0 aliphatic carbocycles. The molecular weight excluding hydrogens is 346 g/mol. The van der Waals surface area contributed by atoms with Crippen molar-refractivity contribution in [3.05, 3.63) is 77.9 Å². The minimum atomic E-state index is -0.224. The van der Waals surface area contributed by atoms with Crippen molar-refractivity contribution < 1.29 is 9.53 Å². The number of para-hydroxylation sites is 1. The lowest BCUT2D eigenvalue weighted by molar-refractivity contribution is 0.0947. The van der Waals surface area contributed by atoms with E-state index in [9.17, 15) is 4.79 Å². The predicted octanol–water partition coefficient (Wildman–Crippen LogP) is 3.77. The molecule has 0 saturated heterocycles. The highest BCUT2D eigenvalue weighted by molar-refractivity contribution is 7.97. The molecule has 4 rings (SSSR count). The number of hydrogen-bond donors (Lipinski definition) is 3. The van der Waals surface area contributed by atoms with Crippen LogP contribution >= 0.6 is 11.9 Å². The number of nitrogen functional groups attached to an aromatic ring is 1. The first-order valence-electron chi connectivity index (χ1n) is 8.14. The predicted molar refractivity (Wildman–Crippen MR) is 104 cm³/mol. The highest BCUT2D eigenvalue weighted by Gasteiger charge is 2.18. The van der Waals surface area contributed by atoms with E-state index in [4.69, 9.17) is 10.5 Å². The Morgan fingerprint density at radius 2 is 1.81 bits per heavy atom. The van der Waals surface area contributed by atoms with Crippen molar-refractivity contribution in [2.24, 2.45) is 0 Å². The van der Waals surface area contributed by atoms with Crippen LogP contribution in [0, 0.1) is 0 Å². The molecule has 3 aromatic carbocycles. The zero-order chi connectivity index (χ0) is 17.9. The van der Waals surface area contributed by atoms with Gasteiger partial charge in [0.25, 0.3) is 5.91 Å². The maximum atomic E-state index is 12.5. The largest absolute Gasteiger partial charge is 0.488 e. The molecule has 130 valence electrons. The highest BCUT2D eigenvalue weighted by Crippen LogP contribution is 2.37. The maximum Gasteiger partial charge on any atom is 0.266 e. The number of anilines is 1. The fourth-order valence-electron chi connectivity index (χ4n) is 2.84. The van der Waals surface area contributed by atoms with Crippen LogP contribution in [0.2, 0.25) is 0 Å². The summed E-state index contributed by atoms with van der Waals surface area (Å²) in [6.45, 7) is 0.547. The Balaban J connectivity index is 1.49. The molecule has 0 fully saturated rings. The average Bonchev–Trinajstić information content (AvgIpc) is 2.69. The Hall–Kier alpha value is -2.96. The van der Waals surface area contributed by atoms with Crippen molar-refractivity contribution in [1.29, 1.82) is 0 Å². The van der Waals surface area contributed by atoms with Crippen LogP contribution in [0.3, 0.4) is 0 Å². The molecule has 0 aromatic heterocycles. The van der Waals surface area contributed by atoms with Gasteiger partial charge < -0.3 is 10.5 Å². The number of hydrogen-bond acceptors (Lipinski definition) is 5. The molecule has 0 radical (unpaired) electrons. The number of carbonyl (C=O) groups excluding carboxylic acids is 1. The van der Waals surface area contributed by atoms with Gasteiger partial charge in [-0.15, -0.1) is 0 Å². The van der Waals surface area contributed by atoms with Gasteiger partial charge in [0, 0.05) is 21.7 Å². The van der Waals surface area contributed by atoms with Crippen molar-refractivity contribution in [1.82, 2.24) is 10.3 Å². The van der Waals surface area contributed by atoms with Crippen LogP contribution in [0.5, 0.6) is 5.75 Å². The van der Waals surface area contributed by atoms with Gasteiger partial charge in [-0.2, -0.15) is 4.83 Å². The molecule has 4 N–H and O–H groups in total. The molecule has 5 nitrogen and oxygen atoms in total. The number of amides is 1. The van der Waals surface area contributed by atoms with Gasteiger partial charge in [0.1, 0.15) is 12.4 Å². The maximum absolute atomic E-state index is 12.5. The molecular formula is C20H17N3O2S. The summed E-state index contributed by atoms with van der Waals surface area (Å²) in [7, 11) is 0. The fourth-order valence-corrected chi connectivity index (χ4v) is 3.43. The topological polar surface area (TPSA) is 76.4 Å². The molecule has 1 aliphatic heterocycles. The third kappa shape index (κ3) is 3.24. The molecule has 1 aliphatic rings. The number of benzene rings is 3. The lowest BCUT2D eigenvalue weighted by Crippen LogP contribution is -2.32. The summed E-state index contributed by atoms with van der Waals surface area (Å²) in [5.74, 6) is 0.567. The van der Waals surface area contributed by atoms with Gasteiger partial charge in [0.15, 0.2) is 0 Å². The summed E-state index contributed by atoms with van der Waals surface area (Å²) >= 11 is 1.26. The molecule has 0 spiro atoms. The Morgan fingerprint density at radius 3 is 2.69 bits per heavy atom. The van der Waals surface area contributed by atoms with Crippen LogP contribution in [-0.2, 0) is 6.61 Å². The second-order valence-electron chi connectivity index (χ2n) is 5.85. The van der Waals surface area contributed by atoms with Crippen molar-refractivity contribution in [3.63, 3.8) is 0 Å². The molecule has 0 saturated carbocycles. The summed E-state index contributed by atoms with van der Waals surface area (Å²) in [4.78, 5) is 16.2. The van der Waals surface area contributed by atoms with Gasteiger partial charge in [-0.25, -0.2) is 0 Å². The first-order valence-corrected chi connectivity index (χ1v) is 8.96. The summed E-state index contributed by atoms with van der Waals surface area (Å²) in [5, 5.41) is 0. The van der Waals surface area contributed by atoms with Gasteiger partial charge in [-0.1, -0.05) is 36.4 Å². The minimum absolute atomic E-state index is 0.224. The van der Waals surface area contributed by atoms with E-state index >= 15 is 0 Å². The summed E-state index contributed by atoms with van der Waals surface area (Å²) in [5.41, 5.74) is 12.9. The lowest BCUT2D eigenvalue weighted by atomic mass is 9.95. The van der Waals surface area contributed by atoms with E-state index in [0.717, 1.165) is 27.3 Å². The number of ether oxygens (including phenoxy) is 1. The van der Waals surface area contributed by atoms with Crippen LogP contribution in [0.1, 0.15) is 15.9 Å². The SMILES string of the molecule is Nc1ccccc1SNNC(=O)c1ccc2c(c1)-c1ccccc1CO2. The summed E-state index contributed by atoms with van der Waals surface area (Å²) in [6, 6.07) is 21.0. The molecule has 1 heterocycles. The fraction of sp³-hybridized carbons (Fsp3) is 0.0500. The molecule has 0 unspecified atom stereocenters. The Bertz CT molecular complexity index is 975. The zero-order valence-corrected chi connectivity index (χ0v) is 14.7. The van der Waals surface area contributed by atoms with E-state index in [1.54, 1.807) is 6.07 Å². The van der Waals surface area contributed by atoms with Crippen molar-refractivity contribution >= 4 is 23.5 Å². The van der Waals surface area contributed by atoms with Crippen molar-refractivity contribution in [3.8, 4) is 16.9 Å². The second-order valence-corrected chi connectivity index (χ2v) is 6.70. The van der Waals surface area contributed by atoms with Crippen molar-refractivity contribution in [2.45, 2.75) is 11.5 Å². The van der Waals surface area contributed by atoms with Gasteiger partial charge in [-0.3, -0.25) is 10.2 Å². The van der Waals surface area contributed by atoms with Crippen LogP contribution in [0.15, 0.2) is 71.6 Å². The summed E-state index contributed by atoms with van der Waals surface area (Å²) < 4.78 is 5.77. The average molecular weight is 363 g/mol. The Kier molecular flexibility index (Phi) is 4.51. The van der Waals surface area contributed by atoms with Gasteiger partial charge >= 0.3 is 0 Å². The standard InChI is InChI=1S/C20H17N3O2S/c21-17-7-3-4-8-19(17)26-23-22-20(24)13-9-10-18-16(11-13)15-6-2-1-5-14(15)12-25-18/h1-11,23H,12,21H2,(H,22,24). The lowest BCUT2D eigenvalue weighted by Gasteiger charge is -2.21. The minimum Gasteiger partial charge on any atom is -0.488 e. The Morgan fingerprint density at radius 1 is 1.00 bits per heavy atom. The van der Waals surface area contributed by atoms with Crippen molar-refractivity contribution in [2.75, 3.05) is 5.73 Å². The van der Waals surface area contributed by atoms with E-state index in [1.807, 2.05) is 60.7 Å². The highest BCUT2D eigenvalue weighted by atomic mass is 32.2. The van der Waals surface area contributed by atoms with Crippen LogP contribution < -0.4 is 20.7 Å². The molecule has 26 heavy (non-hydrogen) atoms. The van der Waals surface area contributed by atoms with Crippen LogP contribution in [-0.4, -0.2) is 5.91 Å². The van der Waals surface area contributed by atoms with E-state index in [1.165, 1.54) is 11.9 Å². The zero-order valence-electron chi connectivity index (χ0n) is 13.9. The van der Waals surface area contributed by atoms with E-state index in [2.05, 4.69) is 10.3 Å². The number of nitrogens with two attached hydrogens (primary N) is 1. The smallest absolute Gasteiger partial charge is 0.266 e. The van der Waals surface area contributed by atoms with Crippen LogP contribution in [0.25, 0.3) is 11.1 Å². The van der Waals surface area contributed by atoms with Gasteiger partial charge in [-0.05, 0) is 53.4 Å². The number of fused-ring (bicyclic) bond motifs is 3. The van der Waals surface area contributed by atoms with E-state index in [-0.39, 0.29) is 5.91 Å². The first-order chi connectivity index (χ1) is 12.7.